The number of hydrogen-bond acceptors (Lipinski definition) is 3. The quantitative estimate of drug-likeness (QED) is 0.804. The van der Waals surface area contributed by atoms with Crippen LogP contribution in [-0.2, 0) is 4.79 Å². The zero-order valence-corrected chi connectivity index (χ0v) is 9.54. The van der Waals surface area contributed by atoms with Gasteiger partial charge >= 0.3 is 0 Å². The smallest absolute Gasteiger partial charge is 0.238 e. The molecule has 0 spiro atoms. The molecule has 0 aliphatic rings. The van der Waals surface area contributed by atoms with Crippen LogP contribution in [0.5, 0.6) is 0 Å². The number of nitrogens with zero attached hydrogens (tertiary/aromatic N) is 1. The van der Waals surface area contributed by atoms with Gasteiger partial charge in [0.2, 0.25) is 5.91 Å². The number of halogens is 2. The number of anilines is 1. The average Bonchev–Trinajstić information content (AvgIpc) is 2.22. The van der Waals surface area contributed by atoms with Crippen LogP contribution in [0.2, 0.25) is 0 Å². The summed E-state index contributed by atoms with van der Waals surface area (Å²) >= 11 is 0. The van der Waals surface area contributed by atoms with Gasteiger partial charge in [0.15, 0.2) is 0 Å². The molecule has 0 bridgehead atoms. The number of nitrogens with one attached hydrogen (secondary N) is 1. The molecule has 1 aromatic rings. The highest BCUT2D eigenvalue weighted by molar-refractivity contribution is 5.92. The lowest BCUT2D eigenvalue weighted by molar-refractivity contribution is -0.117. The summed E-state index contributed by atoms with van der Waals surface area (Å²) in [4.78, 5) is 13.2. The van der Waals surface area contributed by atoms with Crippen molar-refractivity contribution in [2.24, 2.45) is 5.73 Å². The minimum Gasteiger partial charge on any atom is -0.329 e. The zero-order valence-electron chi connectivity index (χ0n) is 9.54. The summed E-state index contributed by atoms with van der Waals surface area (Å²) < 4.78 is 25.8. The number of benzene rings is 1. The highest BCUT2D eigenvalue weighted by Gasteiger charge is 2.09. The summed E-state index contributed by atoms with van der Waals surface area (Å²) in [6.07, 6.45) is 0. The molecule has 0 atom stereocenters. The number of carbonyl (C=O) groups excluding carboxylic acids is 1. The largest absolute Gasteiger partial charge is 0.329 e. The van der Waals surface area contributed by atoms with Gasteiger partial charge in [-0.1, -0.05) is 0 Å². The minimum absolute atomic E-state index is 0.0300. The van der Waals surface area contributed by atoms with E-state index in [0.29, 0.717) is 13.1 Å². The van der Waals surface area contributed by atoms with Crippen LogP contribution in [-0.4, -0.2) is 37.5 Å². The Balaban J connectivity index is 2.56. The molecule has 0 unspecified atom stereocenters. The molecule has 3 N–H and O–H groups in total. The van der Waals surface area contributed by atoms with E-state index >= 15 is 0 Å². The molecule has 1 aromatic carbocycles. The first-order valence-corrected chi connectivity index (χ1v) is 5.16. The topological polar surface area (TPSA) is 58.4 Å². The summed E-state index contributed by atoms with van der Waals surface area (Å²) in [6.45, 7) is 1.11. The molecule has 0 aliphatic carbocycles. The summed E-state index contributed by atoms with van der Waals surface area (Å²) in [5.41, 5.74) is 5.29. The Morgan fingerprint density at radius 2 is 2.18 bits per heavy atom. The van der Waals surface area contributed by atoms with E-state index in [1.165, 1.54) is 6.07 Å². The van der Waals surface area contributed by atoms with E-state index in [1.807, 2.05) is 0 Å². The number of likely N-dealkylation sites (N-methyl/N-ethyl adjacent to an activating group) is 1. The molecule has 94 valence electrons. The van der Waals surface area contributed by atoms with Crippen molar-refractivity contribution in [2.45, 2.75) is 0 Å². The maximum Gasteiger partial charge on any atom is 0.238 e. The molecule has 1 amide bonds. The maximum absolute atomic E-state index is 13.2. The molecule has 0 saturated carbocycles. The van der Waals surface area contributed by atoms with Crippen molar-refractivity contribution < 1.29 is 13.6 Å². The number of carbonyl (C=O) groups is 1. The fourth-order valence-electron chi connectivity index (χ4n) is 1.33. The molecule has 0 heterocycles. The van der Waals surface area contributed by atoms with Gasteiger partial charge in [-0.25, -0.2) is 8.78 Å². The van der Waals surface area contributed by atoms with Crippen molar-refractivity contribution >= 4 is 11.6 Å². The lowest BCUT2D eigenvalue weighted by Crippen LogP contribution is -2.33. The number of nitrogens with two attached hydrogens (primary N) is 1. The van der Waals surface area contributed by atoms with Gasteiger partial charge in [0.1, 0.15) is 11.6 Å². The molecule has 0 fully saturated rings. The second-order valence-corrected chi connectivity index (χ2v) is 3.70. The second kappa shape index (κ2) is 6.27. The predicted octanol–water partition coefficient (Wildman–Crippen LogP) is 0.794. The zero-order chi connectivity index (χ0) is 12.8. The summed E-state index contributed by atoms with van der Waals surface area (Å²) in [5, 5.41) is 2.36. The van der Waals surface area contributed by atoms with Gasteiger partial charge in [0, 0.05) is 19.2 Å². The molecule has 1 rings (SSSR count). The van der Waals surface area contributed by atoms with Crippen LogP contribution in [0.3, 0.4) is 0 Å². The van der Waals surface area contributed by atoms with Gasteiger partial charge in [-0.15, -0.1) is 0 Å². The van der Waals surface area contributed by atoms with Gasteiger partial charge in [-0.05, 0) is 19.2 Å². The van der Waals surface area contributed by atoms with Crippen LogP contribution < -0.4 is 11.1 Å². The van der Waals surface area contributed by atoms with E-state index in [0.717, 1.165) is 12.1 Å². The molecule has 4 nitrogen and oxygen atoms in total. The van der Waals surface area contributed by atoms with Crippen molar-refractivity contribution in [2.75, 3.05) is 32.0 Å². The highest BCUT2D eigenvalue weighted by atomic mass is 19.1. The van der Waals surface area contributed by atoms with Crippen molar-refractivity contribution in [3.05, 3.63) is 29.8 Å². The maximum atomic E-state index is 13.2. The van der Waals surface area contributed by atoms with E-state index in [1.54, 1.807) is 11.9 Å². The van der Waals surface area contributed by atoms with Crippen molar-refractivity contribution in [3.8, 4) is 0 Å². The highest BCUT2D eigenvalue weighted by Crippen LogP contribution is 2.14. The third-order valence-electron chi connectivity index (χ3n) is 2.13. The second-order valence-electron chi connectivity index (χ2n) is 3.70. The van der Waals surface area contributed by atoms with Gasteiger partial charge in [-0.2, -0.15) is 0 Å². The Hall–Kier alpha value is -1.53. The lowest BCUT2D eigenvalue weighted by atomic mass is 10.3. The first-order chi connectivity index (χ1) is 8.02. The van der Waals surface area contributed by atoms with E-state index in [2.05, 4.69) is 5.32 Å². The normalized spacial score (nSPS) is 10.6. The molecular weight excluding hydrogens is 228 g/mol. The van der Waals surface area contributed by atoms with E-state index in [-0.39, 0.29) is 18.1 Å². The number of amides is 1. The first-order valence-electron chi connectivity index (χ1n) is 5.16. The van der Waals surface area contributed by atoms with Crippen molar-refractivity contribution in [3.63, 3.8) is 0 Å². The summed E-state index contributed by atoms with van der Waals surface area (Å²) in [5.74, 6) is -1.84. The Morgan fingerprint density at radius 3 is 2.76 bits per heavy atom. The van der Waals surface area contributed by atoms with Crippen LogP contribution in [0.1, 0.15) is 0 Å². The minimum atomic E-state index is -0.792. The molecule has 17 heavy (non-hydrogen) atoms. The average molecular weight is 243 g/mol. The van der Waals surface area contributed by atoms with E-state index in [9.17, 15) is 13.6 Å². The number of hydrogen-bond donors (Lipinski definition) is 2. The third kappa shape index (κ3) is 4.46. The van der Waals surface area contributed by atoms with Crippen molar-refractivity contribution in [1.82, 2.24) is 4.90 Å². The number of rotatable bonds is 5. The Kier molecular flexibility index (Phi) is 4.99. The fraction of sp³-hybridized carbons (Fsp3) is 0.364. The predicted molar refractivity (Wildman–Crippen MR) is 61.5 cm³/mol. The van der Waals surface area contributed by atoms with Gasteiger partial charge in [-0.3, -0.25) is 9.69 Å². The molecule has 0 saturated heterocycles. The van der Waals surface area contributed by atoms with Crippen LogP contribution in [0, 0.1) is 11.6 Å². The lowest BCUT2D eigenvalue weighted by Gasteiger charge is -2.15. The van der Waals surface area contributed by atoms with E-state index < -0.39 is 11.6 Å². The standard InChI is InChI=1S/C11H15F2N3O/c1-16(5-4-14)7-11(17)15-10-3-2-8(12)6-9(10)13/h2-3,6H,4-5,7,14H2,1H3,(H,15,17). The monoisotopic (exact) mass is 243 g/mol. The molecule has 0 aliphatic heterocycles. The van der Waals surface area contributed by atoms with Crippen LogP contribution in [0.25, 0.3) is 0 Å². The first kappa shape index (κ1) is 13.5. The molecule has 0 radical (unpaired) electrons. The molecular formula is C11H15F2N3O. The van der Waals surface area contributed by atoms with Gasteiger partial charge in [0.05, 0.1) is 12.2 Å². The van der Waals surface area contributed by atoms with E-state index in [4.69, 9.17) is 5.73 Å². The Bertz CT molecular complexity index is 398. The fourth-order valence-corrected chi connectivity index (χ4v) is 1.33. The summed E-state index contributed by atoms with van der Waals surface area (Å²) in [6, 6.07) is 2.99. The van der Waals surface area contributed by atoms with Crippen LogP contribution in [0.4, 0.5) is 14.5 Å². The third-order valence-corrected chi connectivity index (χ3v) is 2.13. The SMILES string of the molecule is CN(CCN)CC(=O)Nc1ccc(F)cc1F. The Morgan fingerprint density at radius 1 is 1.47 bits per heavy atom. The molecule has 6 heteroatoms. The molecule has 0 aromatic heterocycles. The van der Waals surface area contributed by atoms with Gasteiger partial charge < -0.3 is 11.1 Å². The summed E-state index contributed by atoms with van der Waals surface area (Å²) in [7, 11) is 1.73. The van der Waals surface area contributed by atoms with Gasteiger partial charge in [0.25, 0.3) is 0 Å². The van der Waals surface area contributed by atoms with Crippen LogP contribution >= 0.6 is 0 Å². The van der Waals surface area contributed by atoms with Crippen LogP contribution in [0.15, 0.2) is 18.2 Å². The Labute approximate surface area is 98.4 Å². The van der Waals surface area contributed by atoms with Crippen molar-refractivity contribution in [1.29, 1.82) is 0 Å².